The van der Waals surface area contributed by atoms with Gasteiger partial charge in [0.2, 0.25) is 0 Å². The molecule has 2 aromatic heterocycles. The Morgan fingerprint density at radius 3 is 2.44 bits per heavy atom. The summed E-state index contributed by atoms with van der Waals surface area (Å²) in [6.45, 7) is 0. The summed E-state index contributed by atoms with van der Waals surface area (Å²) in [5.74, 6) is 0.207. The second-order valence-electron chi connectivity index (χ2n) is 6.04. The summed E-state index contributed by atoms with van der Waals surface area (Å²) >= 11 is 1.51. The molecule has 5 heteroatoms. The van der Waals surface area contributed by atoms with E-state index in [9.17, 15) is 4.79 Å². The van der Waals surface area contributed by atoms with Crippen molar-refractivity contribution in [3.05, 3.63) is 90.3 Å². The van der Waals surface area contributed by atoms with Gasteiger partial charge in [0.05, 0.1) is 11.1 Å². The zero-order chi connectivity index (χ0) is 18.6. The average molecular weight is 371 g/mol. The van der Waals surface area contributed by atoms with Gasteiger partial charge in [-0.15, -0.1) is 11.8 Å². The van der Waals surface area contributed by atoms with Gasteiger partial charge in [-0.3, -0.25) is 9.78 Å². The van der Waals surface area contributed by atoms with E-state index in [1.54, 1.807) is 12.4 Å². The Bertz CT molecular complexity index is 1110. The molecule has 4 aromatic rings. The number of nitrogens with two attached hydrogens (primary N) is 1. The van der Waals surface area contributed by atoms with E-state index in [0.29, 0.717) is 16.3 Å². The van der Waals surface area contributed by atoms with Crippen molar-refractivity contribution in [2.24, 2.45) is 5.73 Å². The lowest BCUT2D eigenvalue weighted by Crippen LogP contribution is -2.14. The predicted molar refractivity (Wildman–Crippen MR) is 109 cm³/mol. The number of aromatic nitrogens is 2. The van der Waals surface area contributed by atoms with E-state index >= 15 is 0 Å². The minimum atomic E-state index is -0.468. The number of thioether (sulfide) groups is 1. The predicted octanol–water partition coefficient (Wildman–Crippen LogP) is 4.69. The highest BCUT2D eigenvalue weighted by molar-refractivity contribution is 7.98. The van der Waals surface area contributed by atoms with E-state index in [4.69, 9.17) is 5.73 Å². The van der Waals surface area contributed by atoms with Gasteiger partial charge in [0.15, 0.2) is 0 Å². The van der Waals surface area contributed by atoms with Gasteiger partial charge in [0.1, 0.15) is 5.03 Å². The van der Waals surface area contributed by atoms with Crippen molar-refractivity contribution < 1.29 is 4.79 Å². The molecule has 4 nitrogen and oxygen atoms in total. The standard InChI is InChI=1S/C22H17N3OS/c23-21(26)20-18(15-6-2-1-3-7-15)11-13-25-22(20)27-14-16-10-12-24-19-9-5-4-8-17(16)19/h1-13H,14H2,(H2,23,26). The molecule has 4 rings (SSSR count). The molecule has 0 aliphatic rings. The van der Waals surface area contributed by atoms with Crippen molar-refractivity contribution in [1.82, 2.24) is 9.97 Å². The van der Waals surface area contributed by atoms with Crippen molar-refractivity contribution in [3.8, 4) is 11.1 Å². The van der Waals surface area contributed by atoms with E-state index in [1.165, 1.54) is 11.8 Å². The summed E-state index contributed by atoms with van der Waals surface area (Å²) in [7, 11) is 0. The first-order valence-corrected chi connectivity index (χ1v) is 9.52. The van der Waals surface area contributed by atoms with Crippen LogP contribution >= 0.6 is 11.8 Å². The lowest BCUT2D eigenvalue weighted by Gasteiger charge is -2.12. The maximum atomic E-state index is 12.2. The van der Waals surface area contributed by atoms with Crippen LogP contribution in [0.25, 0.3) is 22.0 Å². The first-order valence-electron chi connectivity index (χ1n) is 8.53. The van der Waals surface area contributed by atoms with Gasteiger partial charge in [-0.2, -0.15) is 0 Å². The number of carbonyl (C=O) groups excluding carboxylic acids is 1. The Kier molecular flexibility index (Phi) is 4.85. The van der Waals surface area contributed by atoms with Crippen LogP contribution in [-0.4, -0.2) is 15.9 Å². The monoisotopic (exact) mass is 371 g/mol. The van der Waals surface area contributed by atoms with Crippen LogP contribution in [-0.2, 0) is 5.75 Å². The summed E-state index contributed by atoms with van der Waals surface area (Å²) < 4.78 is 0. The van der Waals surface area contributed by atoms with Gasteiger partial charge in [-0.25, -0.2) is 4.98 Å². The third kappa shape index (κ3) is 3.55. The lowest BCUT2D eigenvalue weighted by molar-refractivity contribution is 0.0997. The molecule has 0 aliphatic carbocycles. The smallest absolute Gasteiger partial charge is 0.252 e. The van der Waals surface area contributed by atoms with Crippen molar-refractivity contribution in [2.75, 3.05) is 0 Å². The minimum absolute atomic E-state index is 0.465. The van der Waals surface area contributed by atoms with Crippen LogP contribution in [0.4, 0.5) is 0 Å². The van der Waals surface area contributed by atoms with Crippen LogP contribution in [0, 0.1) is 0 Å². The molecule has 27 heavy (non-hydrogen) atoms. The van der Waals surface area contributed by atoms with Crippen LogP contribution in [0.5, 0.6) is 0 Å². The molecule has 0 unspecified atom stereocenters. The van der Waals surface area contributed by atoms with Gasteiger partial charge in [-0.05, 0) is 34.9 Å². The summed E-state index contributed by atoms with van der Waals surface area (Å²) in [6, 6.07) is 21.6. The van der Waals surface area contributed by atoms with Crippen LogP contribution < -0.4 is 5.73 Å². The fourth-order valence-electron chi connectivity index (χ4n) is 3.08. The molecule has 2 aromatic carbocycles. The maximum Gasteiger partial charge on any atom is 0.252 e. The number of pyridine rings is 2. The molecule has 0 spiro atoms. The lowest BCUT2D eigenvalue weighted by atomic mass is 10.0. The number of amides is 1. The number of carbonyl (C=O) groups is 1. The topological polar surface area (TPSA) is 68.9 Å². The second-order valence-corrected chi connectivity index (χ2v) is 7.01. The Balaban J connectivity index is 1.71. The van der Waals surface area contributed by atoms with Gasteiger partial charge in [-0.1, -0.05) is 48.5 Å². The molecule has 0 aliphatic heterocycles. The third-order valence-corrected chi connectivity index (χ3v) is 5.39. The molecule has 1 amide bonds. The first kappa shape index (κ1) is 17.2. The highest BCUT2D eigenvalue weighted by Crippen LogP contribution is 2.32. The molecule has 0 saturated carbocycles. The number of rotatable bonds is 5. The van der Waals surface area contributed by atoms with Crippen LogP contribution in [0.3, 0.4) is 0 Å². The number of hydrogen-bond acceptors (Lipinski definition) is 4. The molecular formula is C22H17N3OS. The summed E-state index contributed by atoms with van der Waals surface area (Å²) in [4.78, 5) is 21.0. The molecule has 2 heterocycles. The zero-order valence-electron chi connectivity index (χ0n) is 14.5. The summed E-state index contributed by atoms with van der Waals surface area (Å²) in [5.41, 5.74) is 10.0. The number of nitrogens with zero attached hydrogens (tertiary/aromatic N) is 2. The molecule has 0 bridgehead atoms. The Labute approximate surface area is 161 Å². The van der Waals surface area contributed by atoms with E-state index in [0.717, 1.165) is 27.6 Å². The summed E-state index contributed by atoms with van der Waals surface area (Å²) in [5, 5.41) is 1.75. The van der Waals surface area contributed by atoms with Crippen LogP contribution in [0.15, 0.2) is 84.1 Å². The van der Waals surface area contributed by atoms with Gasteiger partial charge >= 0.3 is 0 Å². The van der Waals surface area contributed by atoms with Crippen molar-refractivity contribution in [3.63, 3.8) is 0 Å². The largest absolute Gasteiger partial charge is 0.365 e. The van der Waals surface area contributed by atoms with Crippen LogP contribution in [0.2, 0.25) is 0 Å². The van der Waals surface area contributed by atoms with Gasteiger partial charge in [0, 0.05) is 23.5 Å². The molecule has 0 radical (unpaired) electrons. The fourth-order valence-corrected chi connectivity index (χ4v) is 4.11. The molecule has 0 saturated heterocycles. The van der Waals surface area contributed by atoms with Crippen molar-refractivity contribution in [1.29, 1.82) is 0 Å². The van der Waals surface area contributed by atoms with E-state index in [2.05, 4.69) is 16.0 Å². The zero-order valence-corrected chi connectivity index (χ0v) is 15.3. The Morgan fingerprint density at radius 1 is 0.889 bits per heavy atom. The number of para-hydroxylation sites is 1. The van der Waals surface area contributed by atoms with E-state index in [-0.39, 0.29) is 0 Å². The number of primary amides is 1. The molecule has 0 atom stereocenters. The Morgan fingerprint density at radius 2 is 1.63 bits per heavy atom. The SMILES string of the molecule is NC(=O)c1c(-c2ccccc2)ccnc1SCc1ccnc2ccccc12. The normalized spacial score (nSPS) is 10.8. The molecule has 2 N–H and O–H groups in total. The highest BCUT2D eigenvalue weighted by Gasteiger charge is 2.17. The van der Waals surface area contributed by atoms with Crippen molar-refractivity contribution in [2.45, 2.75) is 10.8 Å². The number of fused-ring (bicyclic) bond motifs is 1. The highest BCUT2D eigenvalue weighted by atomic mass is 32.2. The third-order valence-electron chi connectivity index (χ3n) is 4.35. The van der Waals surface area contributed by atoms with Gasteiger partial charge in [0.25, 0.3) is 5.91 Å². The fraction of sp³-hybridized carbons (Fsp3) is 0.0455. The average Bonchev–Trinajstić information content (AvgIpc) is 2.72. The second kappa shape index (κ2) is 7.60. The number of benzene rings is 2. The van der Waals surface area contributed by atoms with Gasteiger partial charge < -0.3 is 5.73 Å². The molecule has 0 fully saturated rings. The minimum Gasteiger partial charge on any atom is -0.365 e. The van der Waals surface area contributed by atoms with E-state index in [1.807, 2.05) is 60.7 Å². The molecule has 132 valence electrons. The van der Waals surface area contributed by atoms with E-state index < -0.39 is 5.91 Å². The molecular weight excluding hydrogens is 354 g/mol. The summed E-state index contributed by atoms with van der Waals surface area (Å²) in [6.07, 6.45) is 3.53. The quantitative estimate of drug-likeness (QED) is 0.517. The van der Waals surface area contributed by atoms with Crippen molar-refractivity contribution >= 4 is 28.6 Å². The maximum absolute atomic E-state index is 12.2. The Hall–Kier alpha value is -3.18. The van der Waals surface area contributed by atoms with Crippen LogP contribution in [0.1, 0.15) is 15.9 Å². The first-order chi connectivity index (χ1) is 13.2. The number of hydrogen-bond donors (Lipinski definition) is 1.